The number of ketones is 1. The summed E-state index contributed by atoms with van der Waals surface area (Å²) in [5.41, 5.74) is 0.903. The second-order valence-electron chi connectivity index (χ2n) is 6.73. The molecule has 5 nitrogen and oxygen atoms in total. The third kappa shape index (κ3) is 3.99. The number of rotatable bonds is 8. The van der Waals surface area contributed by atoms with E-state index in [4.69, 9.17) is 11.6 Å². The largest absolute Gasteiger partial charge is 0.503 e. The van der Waals surface area contributed by atoms with Crippen LogP contribution in [0.3, 0.4) is 0 Å². The van der Waals surface area contributed by atoms with Crippen LogP contribution in [0.4, 0.5) is 0 Å². The lowest BCUT2D eigenvalue weighted by atomic mass is 9.95. The molecule has 1 aromatic carbocycles. The van der Waals surface area contributed by atoms with Crippen LogP contribution in [0.1, 0.15) is 35.1 Å². The average molecular weight is 420 g/mol. The van der Waals surface area contributed by atoms with Gasteiger partial charge in [-0.15, -0.1) is 11.3 Å². The van der Waals surface area contributed by atoms with Gasteiger partial charge in [-0.25, -0.2) is 0 Å². The van der Waals surface area contributed by atoms with Gasteiger partial charge in [0.2, 0.25) is 5.78 Å². The van der Waals surface area contributed by atoms with E-state index in [0.29, 0.717) is 16.4 Å². The second kappa shape index (κ2) is 8.90. The van der Waals surface area contributed by atoms with Crippen LogP contribution in [-0.4, -0.2) is 47.9 Å². The molecular formula is C21H24ClN2O3S+. The van der Waals surface area contributed by atoms with Crippen molar-refractivity contribution in [2.75, 3.05) is 26.2 Å². The molecule has 0 fully saturated rings. The number of thiophene rings is 1. The number of aliphatic hydroxyl groups is 1. The monoisotopic (exact) mass is 419 g/mol. The van der Waals surface area contributed by atoms with Crippen LogP contribution in [0, 0.1) is 0 Å². The van der Waals surface area contributed by atoms with Gasteiger partial charge >= 0.3 is 0 Å². The molecule has 2 heterocycles. The molecule has 1 atom stereocenters. The number of nitrogens with zero attached hydrogens (tertiary/aromatic N) is 1. The van der Waals surface area contributed by atoms with Crippen LogP contribution < -0.4 is 4.90 Å². The zero-order chi connectivity index (χ0) is 20.3. The number of Topliss-reactive ketones (excluding diaryl/α,β-unsaturated/α-hetero) is 1. The number of carbonyl (C=O) groups excluding carboxylic acids is 2. The number of amides is 1. The normalized spacial score (nSPS) is 17.1. The molecule has 0 aliphatic carbocycles. The molecule has 0 saturated carbocycles. The van der Waals surface area contributed by atoms with Crippen molar-refractivity contribution in [1.29, 1.82) is 0 Å². The number of carbonyl (C=O) groups is 2. The summed E-state index contributed by atoms with van der Waals surface area (Å²) in [4.78, 5) is 29.4. The highest BCUT2D eigenvalue weighted by molar-refractivity contribution is 7.12. The molecule has 3 rings (SSSR count). The minimum absolute atomic E-state index is 0.143. The van der Waals surface area contributed by atoms with Crippen molar-refractivity contribution in [1.82, 2.24) is 4.90 Å². The zero-order valence-corrected chi connectivity index (χ0v) is 17.5. The fourth-order valence-electron chi connectivity index (χ4n) is 3.53. The molecular weight excluding hydrogens is 396 g/mol. The Balaban J connectivity index is 1.99. The quantitative estimate of drug-likeness (QED) is 0.647. The molecule has 0 radical (unpaired) electrons. The third-order valence-corrected chi connectivity index (χ3v) is 6.31. The highest BCUT2D eigenvalue weighted by atomic mass is 35.5. The zero-order valence-electron chi connectivity index (χ0n) is 15.9. The number of halogens is 1. The minimum Gasteiger partial charge on any atom is -0.503 e. The maximum atomic E-state index is 13.1. The van der Waals surface area contributed by atoms with E-state index >= 15 is 0 Å². The number of nitrogens with one attached hydrogen (secondary N) is 1. The lowest BCUT2D eigenvalue weighted by Gasteiger charge is -2.28. The summed E-state index contributed by atoms with van der Waals surface area (Å²) in [6.07, 6.45) is 0. The van der Waals surface area contributed by atoms with E-state index in [1.165, 1.54) is 16.2 Å². The number of quaternary nitrogens is 1. The van der Waals surface area contributed by atoms with Crippen molar-refractivity contribution in [3.63, 3.8) is 0 Å². The van der Waals surface area contributed by atoms with Gasteiger partial charge in [0.1, 0.15) is 0 Å². The lowest BCUT2D eigenvalue weighted by molar-refractivity contribution is -0.895. The molecule has 1 amide bonds. The third-order valence-electron chi connectivity index (χ3n) is 5.19. The predicted octanol–water partition coefficient (Wildman–Crippen LogP) is 2.90. The van der Waals surface area contributed by atoms with Crippen LogP contribution in [-0.2, 0) is 4.79 Å². The van der Waals surface area contributed by atoms with Crippen molar-refractivity contribution < 1.29 is 19.6 Å². The van der Waals surface area contributed by atoms with Gasteiger partial charge in [-0.2, -0.15) is 0 Å². The van der Waals surface area contributed by atoms with Crippen LogP contribution in [0.15, 0.2) is 53.1 Å². The fourth-order valence-corrected chi connectivity index (χ4v) is 4.33. The van der Waals surface area contributed by atoms with Gasteiger partial charge in [0.25, 0.3) is 5.91 Å². The van der Waals surface area contributed by atoms with Gasteiger partial charge in [-0.3, -0.25) is 9.59 Å². The molecule has 2 aromatic rings. The molecule has 1 aliphatic heterocycles. The Labute approximate surface area is 173 Å². The number of hydrogen-bond donors (Lipinski definition) is 2. The van der Waals surface area contributed by atoms with Crippen molar-refractivity contribution in [3.8, 4) is 0 Å². The molecule has 7 heteroatoms. The van der Waals surface area contributed by atoms with Gasteiger partial charge in [0.15, 0.2) is 5.76 Å². The van der Waals surface area contributed by atoms with Gasteiger partial charge in [0.05, 0.1) is 42.7 Å². The maximum Gasteiger partial charge on any atom is 0.290 e. The molecule has 0 bridgehead atoms. The topological polar surface area (TPSA) is 62.1 Å². The number of benzene rings is 1. The van der Waals surface area contributed by atoms with Gasteiger partial charge < -0.3 is 14.9 Å². The Morgan fingerprint density at radius 1 is 1.21 bits per heavy atom. The molecule has 0 saturated heterocycles. The molecule has 148 valence electrons. The van der Waals surface area contributed by atoms with E-state index in [0.717, 1.165) is 25.2 Å². The molecule has 0 unspecified atom stereocenters. The summed E-state index contributed by atoms with van der Waals surface area (Å²) in [6.45, 7) is 7.30. The fraction of sp³-hybridized carbons (Fsp3) is 0.333. The van der Waals surface area contributed by atoms with E-state index < -0.39 is 17.7 Å². The Hall–Kier alpha value is -2.15. The average Bonchev–Trinajstić information content (AvgIpc) is 3.32. The molecule has 0 spiro atoms. The van der Waals surface area contributed by atoms with Crippen LogP contribution in [0.2, 0.25) is 5.02 Å². The van der Waals surface area contributed by atoms with Crippen LogP contribution >= 0.6 is 22.9 Å². The van der Waals surface area contributed by atoms with Gasteiger partial charge in [0, 0.05) is 5.02 Å². The highest BCUT2D eigenvalue weighted by Crippen LogP contribution is 2.39. The first-order valence-electron chi connectivity index (χ1n) is 9.39. The first-order chi connectivity index (χ1) is 13.5. The number of hydrogen-bond acceptors (Lipinski definition) is 4. The molecule has 1 aromatic heterocycles. The van der Waals surface area contributed by atoms with E-state index in [9.17, 15) is 14.7 Å². The van der Waals surface area contributed by atoms with Crippen LogP contribution in [0.5, 0.6) is 0 Å². The maximum absolute atomic E-state index is 13.1. The van der Waals surface area contributed by atoms with Crippen molar-refractivity contribution in [2.45, 2.75) is 19.9 Å². The highest BCUT2D eigenvalue weighted by Gasteiger charge is 2.44. The summed E-state index contributed by atoms with van der Waals surface area (Å²) in [7, 11) is 0. The minimum atomic E-state index is -0.616. The van der Waals surface area contributed by atoms with E-state index in [1.807, 2.05) is 0 Å². The standard InChI is InChI=1S/C21H23ClN2O3S/c1-3-23(4-2)11-12-24-18(14-7-9-15(22)10-8-14)17(20(26)21(24)27)19(25)16-6-5-13-28-16/h5-10,13,18,26H,3-4,11-12H2,1-2H3/p+1/t18-/m1/s1. The molecule has 1 aliphatic rings. The summed E-state index contributed by atoms with van der Waals surface area (Å²) < 4.78 is 0. The van der Waals surface area contributed by atoms with Crippen molar-refractivity contribution >= 4 is 34.6 Å². The Bertz CT molecular complexity index is 874. The predicted molar refractivity (Wildman–Crippen MR) is 111 cm³/mol. The van der Waals surface area contributed by atoms with Gasteiger partial charge in [-0.05, 0) is 43.0 Å². The summed E-state index contributed by atoms with van der Waals surface area (Å²) in [5, 5.41) is 13.0. The SMILES string of the molecule is CC[NH+](CC)CCN1C(=O)C(O)=C(C(=O)c2cccs2)[C@H]1c1ccc(Cl)cc1. The Morgan fingerprint density at radius 3 is 2.46 bits per heavy atom. The number of aliphatic hydroxyl groups excluding tert-OH is 1. The summed E-state index contributed by atoms with van der Waals surface area (Å²) >= 11 is 7.32. The molecule has 2 N–H and O–H groups in total. The van der Waals surface area contributed by atoms with E-state index in [1.54, 1.807) is 46.7 Å². The van der Waals surface area contributed by atoms with E-state index in [2.05, 4.69) is 13.8 Å². The first-order valence-corrected chi connectivity index (χ1v) is 10.6. The first kappa shape index (κ1) is 20.6. The van der Waals surface area contributed by atoms with E-state index in [-0.39, 0.29) is 11.4 Å². The van der Waals surface area contributed by atoms with Crippen molar-refractivity contribution in [3.05, 3.63) is 68.6 Å². The van der Waals surface area contributed by atoms with Crippen molar-refractivity contribution in [2.24, 2.45) is 0 Å². The Kier molecular flexibility index (Phi) is 6.54. The lowest BCUT2D eigenvalue weighted by Crippen LogP contribution is -3.12. The Morgan fingerprint density at radius 2 is 1.89 bits per heavy atom. The van der Waals surface area contributed by atoms with Crippen LogP contribution in [0.25, 0.3) is 0 Å². The smallest absolute Gasteiger partial charge is 0.290 e. The number of likely N-dealkylation sites (N-methyl/N-ethyl adjacent to an activating group) is 1. The summed E-state index contributed by atoms with van der Waals surface area (Å²) in [5.74, 6) is -1.25. The van der Waals surface area contributed by atoms with Gasteiger partial charge in [-0.1, -0.05) is 29.8 Å². The summed E-state index contributed by atoms with van der Waals surface area (Å²) in [6, 6.07) is 9.95. The molecule has 28 heavy (non-hydrogen) atoms. The second-order valence-corrected chi connectivity index (χ2v) is 8.11.